The Bertz CT molecular complexity index is 279. The molecule has 18 heavy (non-hydrogen) atoms. The van der Waals surface area contributed by atoms with Gasteiger partial charge in [-0.15, -0.1) is 0 Å². The molecule has 0 aromatic heterocycles. The first-order valence-electron chi connectivity index (χ1n) is 7.43. The first kappa shape index (κ1) is 13.8. The van der Waals surface area contributed by atoms with Crippen LogP contribution in [0.5, 0.6) is 0 Å². The van der Waals surface area contributed by atoms with Gasteiger partial charge in [0, 0.05) is 18.6 Å². The summed E-state index contributed by atoms with van der Waals surface area (Å²) in [5.74, 6) is 0.191. The van der Waals surface area contributed by atoms with Gasteiger partial charge in [-0.3, -0.25) is 4.79 Å². The van der Waals surface area contributed by atoms with Crippen LogP contribution in [0, 0.1) is 0 Å². The Hall–Kier alpha value is -0.610. The van der Waals surface area contributed by atoms with Gasteiger partial charge in [0.2, 0.25) is 5.91 Å². The average molecular weight is 254 g/mol. The minimum Gasteiger partial charge on any atom is -0.392 e. The Morgan fingerprint density at radius 2 is 1.94 bits per heavy atom. The average Bonchev–Trinajstić information content (AvgIpc) is 3.17. The Labute approximate surface area is 110 Å². The Morgan fingerprint density at radius 1 is 1.22 bits per heavy atom. The quantitative estimate of drug-likeness (QED) is 0.727. The molecular weight excluding hydrogens is 228 g/mol. The summed E-state index contributed by atoms with van der Waals surface area (Å²) in [6, 6.07) is 0.595. The Balaban J connectivity index is 1.76. The van der Waals surface area contributed by atoms with Crippen molar-refractivity contribution in [1.82, 2.24) is 10.2 Å². The third kappa shape index (κ3) is 3.69. The maximum Gasteiger partial charge on any atom is 0.236 e. The molecule has 2 saturated carbocycles. The van der Waals surface area contributed by atoms with E-state index in [-0.39, 0.29) is 18.1 Å². The summed E-state index contributed by atoms with van der Waals surface area (Å²) in [5.41, 5.74) is 0. The second-order valence-electron chi connectivity index (χ2n) is 5.60. The van der Waals surface area contributed by atoms with Gasteiger partial charge in [-0.2, -0.15) is 0 Å². The third-order valence-corrected chi connectivity index (χ3v) is 4.14. The minimum absolute atomic E-state index is 0.106. The molecule has 0 heterocycles. The highest BCUT2D eigenvalue weighted by Gasteiger charge is 2.31. The molecular formula is C14H26N2O2. The van der Waals surface area contributed by atoms with E-state index in [4.69, 9.17) is 0 Å². The van der Waals surface area contributed by atoms with Crippen LogP contribution in [-0.4, -0.2) is 47.2 Å². The number of aliphatic hydroxyl groups excluding tert-OH is 1. The van der Waals surface area contributed by atoms with Crippen molar-refractivity contribution >= 4 is 5.91 Å². The zero-order chi connectivity index (χ0) is 13.0. The van der Waals surface area contributed by atoms with Crippen LogP contribution in [0.4, 0.5) is 0 Å². The lowest BCUT2D eigenvalue weighted by molar-refractivity contribution is -0.130. The van der Waals surface area contributed by atoms with Crippen LogP contribution in [0.3, 0.4) is 0 Å². The van der Waals surface area contributed by atoms with Crippen LogP contribution >= 0.6 is 0 Å². The molecule has 2 fully saturated rings. The normalized spacial score (nSPS) is 28.8. The van der Waals surface area contributed by atoms with Crippen molar-refractivity contribution in [3.05, 3.63) is 0 Å². The van der Waals surface area contributed by atoms with Gasteiger partial charge in [0.1, 0.15) is 0 Å². The molecule has 2 N–H and O–H groups in total. The lowest BCUT2D eigenvalue weighted by Crippen LogP contribution is -2.46. The predicted molar refractivity (Wildman–Crippen MR) is 71.3 cm³/mol. The van der Waals surface area contributed by atoms with Crippen molar-refractivity contribution in [2.24, 2.45) is 0 Å². The molecule has 0 spiro atoms. The smallest absolute Gasteiger partial charge is 0.236 e. The van der Waals surface area contributed by atoms with Gasteiger partial charge in [-0.05, 0) is 32.6 Å². The highest BCUT2D eigenvalue weighted by atomic mass is 16.3. The molecule has 0 aromatic carbocycles. The second kappa shape index (κ2) is 6.53. The van der Waals surface area contributed by atoms with E-state index in [1.54, 1.807) is 0 Å². The first-order chi connectivity index (χ1) is 8.72. The maximum absolute atomic E-state index is 12.1. The summed E-state index contributed by atoms with van der Waals surface area (Å²) in [5, 5.41) is 13.3. The fourth-order valence-electron chi connectivity index (χ4n) is 2.87. The number of nitrogens with one attached hydrogen (secondary N) is 1. The van der Waals surface area contributed by atoms with Crippen molar-refractivity contribution in [3.63, 3.8) is 0 Å². The molecule has 0 radical (unpaired) electrons. The maximum atomic E-state index is 12.1. The third-order valence-electron chi connectivity index (χ3n) is 4.14. The summed E-state index contributed by atoms with van der Waals surface area (Å²) in [7, 11) is 0. The van der Waals surface area contributed by atoms with Gasteiger partial charge < -0.3 is 15.3 Å². The van der Waals surface area contributed by atoms with Crippen LogP contribution in [0.1, 0.15) is 51.9 Å². The zero-order valence-electron chi connectivity index (χ0n) is 11.4. The van der Waals surface area contributed by atoms with Gasteiger partial charge in [0.15, 0.2) is 0 Å². The SMILES string of the molecule is CCN(C(=O)CNC1CCCCCC1O)C1CC1. The van der Waals surface area contributed by atoms with E-state index in [0.29, 0.717) is 12.6 Å². The monoisotopic (exact) mass is 254 g/mol. The van der Waals surface area contributed by atoms with Gasteiger partial charge in [-0.1, -0.05) is 19.3 Å². The molecule has 2 aliphatic carbocycles. The van der Waals surface area contributed by atoms with E-state index in [0.717, 1.165) is 45.1 Å². The van der Waals surface area contributed by atoms with E-state index in [1.165, 1.54) is 6.42 Å². The second-order valence-corrected chi connectivity index (χ2v) is 5.60. The number of carbonyl (C=O) groups is 1. The van der Waals surface area contributed by atoms with Gasteiger partial charge in [-0.25, -0.2) is 0 Å². The summed E-state index contributed by atoms with van der Waals surface area (Å²) >= 11 is 0. The van der Waals surface area contributed by atoms with Crippen molar-refractivity contribution in [2.75, 3.05) is 13.1 Å². The highest BCUT2D eigenvalue weighted by molar-refractivity contribution is 5.78. The van der Waals surface area contributed by atoms with Crippen molar-refractivity contribution in [2.45, 2.75) is 70.1 Å². The fraction of sp³-hybridized carbons (Fsp3) is 0.929. The fourth-order valence-corrected chi connectivity index (χ4v) is 2.87. The van der Waals surface area contributed by atoms with Crippen molar-refractivity contribution in [1.29, 1.82) is 0 Å². The van der Waals surface area contributed by atoms with Gasteiger partial charge in [0.25, 0.3) is 0 Å². The number of aliphatic hydroxyl groups is 1. The summed E-state index contributed by atoms with van der Waals surface area (Å²) in [6.45, 7) is 3.22. The van der Waals surface area contributed by atoms with Crippen molar-refractivity contribution in [3.8, 4) is 0 Å². The van der Waals surface area contributed by atoms with Crippen LogP contribution < -0.4 is 5.32 Å². The molecule has 0 saturated heterocycles. The van der Waals surface area contributed by atoms with Crippen LogP contribution in [-0.2, 0) is 4.79 Å². The van der Waals surface area contributed by atoms with E-state index >= 15 is 0 Å². The number of rotatable bonds is 5. The molecule has 2 atom stereocenters. The molecule has 4 heteroatoms. The lowest BCUT2D eigenvalue weighted by atomic mass is 10.1. The molecule has 0 aliphatic heterocycles. The standard InChI is InChI=1S/C14H26N2O2/c1-2-16(11-8-9-11)14(18)10-15-12-6-4-3-5-7-13(12)17/h11-13,15,17H,2-10H2,1H3. The number of nitrogens with zero attached hydrogens (tertiary/aromatic N) is 1. The Morgan fingerprint density at radius 3 is 2.61 bits per heavy atom. The number of likely N-dealkylation sites (N-methyl/N-ethyl adjacent to an activating group) is 1. The van der Waals surface area contributed by atoms with Gasteiger partial charge >= 0.3 is 0 Å². The molecule has 2 unspecified atom stereocenters. The van der Waals surface area contributed by atoms with Crippen LogP contribution in [0.25, 0.3) is 0 Å². The summed E-state index contributed by atoms with van der Waals surface area (Å²) < 4.78 is 0. The number of hydrogen-bond acceptors (Lipinski definition) is 3. The highest BCUT2D eigenvalue weighted by Crippen LogP contribution is 2.26. The summed E-state index contributed by atoms with van der Waals surface area (Å²) in [6.07, 6.45) is 7.36. The van der Waals surface area contributed by atoms with Crippen LogP contribution in [0.2, 0.25) is 0 Å². The van der Waals surface area contributed by atoms with Crippen molar-refractivity contribution < 1.29 is 9.90 Å². The van der Waals surface area contributed by atoms with E-state index < -0.39 is 0 Å². The number of carbonyl (C=O) groups excluding carboxylic acids is 1. The van der Waals surface area contributed by atoms with Gasteiger partial charge in [0.05, 0.1) is 12.6 Å². The van der Waals surface area contributed by atoms with E-state index in [2.05, 4.69) is 5.32 Å². The van der Waals surface area contributed by atoms with E-state index in [9.17, 15) is 9.90 Å². The molecule has 104 valence electrons. The topological polar surface area (TPSA) is 52.6 Å². The minimum atomic E-state index is -0.281. The molecule has 2 rings (SSSR count). The summed E-state index contributed by atoms with van der Waals surface area (Å²) in [4.78, 5) is 14.0. The molecule has 2 aliphatic rings. The predicted octanol–water partition coefficient (Wildman–Crippen LogP) is 1.28. The molecule has 0 aromatic rings. The number of amides is 1. The lowest BCUT2D eigenvalue weighted by Gasteiger charge is -2.25. The molecule has 0 bridgehead atoms. The molecule has 1 amide bonds. The largest absolute Gasteiger partial charge is 0.392 e. The Kier molecular flexibility index (Phi) is 5.01. The molecule has 4 nitrogen and oxygen atoms in total. The first-order valence-corrected chi connectivity index (χ1v) is 7.43. The number of hydrogen-bond donors (Lipinski definition) is 2. The zero-order valence-corrected chi connectivity index (χ0v) is 11.4. The van der Waals surface area contributed by atoms with Crippen LogP contribution in [0.15, 0.2) is 0 Å². The van der Waals surface area contributed by atoms with E-state index in [1.807, 2.05) is 11.8 Å².